The van der Waals surface area contributed by atoms with Gasteiger partial charge in [0.2, 0.25) is 10.0 Å². The van der Waals surface area contributed by atoms with Gasteiger partial charge in [-0.05, 0) is 69.1 Å². The van der Waals surface area contributed by atoms with Crippen LogP contribution >= 0.6 is 0 Å². The number of alkyl carbamates (subject to hydrolysis) is 1. The first-order chi connectivity index (χ1) is 16.7. The highest BCUT2D eigenvalue weighted by atomic mass is 32.2. The highest BCUT2D eigenvalue weighted by molar-refractivity contribution is 7.89. The van der Waals surface area contributed by atoms with E-state index in [2.05, 4.69) is 5.32 Å². The lowest BCUT2D eigenvalue weighted by molar-refractivity contribution is -0.112. The molecule has 2 atom stereocenters. The van der Waals surface area contributed by atoms with E-state index in [4.69, 9.17) is 13.9 Å². The molecule has 11 heteroatoms. The van der Waals surface area contributed by atoms with Gasteiger partial charge >= 0.3 is 6.09 Å². The maximum atomic E-state index is 13.7. The Kier molecular flexibility index (Phi) is 11.4. The number of ether oxygens (including phenoxy) is 2. The Bertz CT molecular complexity index is 997. The normalized spacial score (nSPS) is 14.8. The first-order valence-electron chi connectivity index (χ1n) is 12.5. The summed E-state index contributed by atoms with van der Waals surface area (Å²) in [6.45, 7) is 19.2. The molecule has 0 unspecified atom stereocenters. The third-order valence-corrected chi connectivity index (χ3v) is 12.5. The van der Waals surface area contributed by atoms with Gasteiger partial charge in [0, 0.05) is 13.1 Å². The van der Waals surface area contributed by atoms with Crippen LogP contribution in [0.2, 0.25) is 18.1 Å². The van der Waals surface area contributed by atoms with Gasteiger partial charge in [-0.3, -0.25) is 0 Å². The third kappa shape index (κ3) is 10.0. The highest BCUT2D eigenvalue weighted by Gasteiger charge is 2.43. The van der Waals surface area contributed by atoms with Crippen LogP contribution in [0.15, 0.2) is 29.2 Å². The zero-order valence-corrected chi connectivity index (χ0v) is 26.1. The summed E-state index contributed by atoms with van der Waals surface area (Å²) in [5.41, 5.74) is -0.769. The molecule has 0 bridgehead atoms. The number of sulfonamides is 1. The van der Waals surface area contributed by atoms with Crippen molar-refractivity contribution in [2.24, 2.45) is 5.92 Å². The van der Waals surface area contributed by atoms with Crippen molar-refractivity contribution in [2.75, 3.05) is 20.2 Å². The molecule has 1 aromatic carbocycles. The van der Waals surface area contributed by atoms with E-state index in [1.165, 1.54) is 23.5 Å². The zero-order valence-electron chi connectivity index (χ0n) is 24.2. The van der Waals surface area contributed by atoms with E-state index in [-0.39, 0.29) is 28.9 Å². The third-order valence-electron chi connectivity index (χ3n) is 6.13. The van der Waals surface area contributed by atoms with Crippen molar-refractivity contribution in [2.45, 2.75) is 96.2 Å². The number of aldehydes is 1. The fourth-order valence-corrected chi connectivity index (χ4v) is 6.16. The van der Waals surface area contributed by atoms with Gasteiger partial charge in [-0.25, -0.2) is 13.2 Å². The van der Waals surface area contributed by atoms with Crippen LogP contribution < -0.4 is 10.1 Å². The molecular weight excluding hydrogens is 512 g/mol. The van der Waals surface area contributed by atoms with Crippen molar-refractivity contribution in [1.82, 2.24) is 9.62 Å². The molecule has 1 rings (SSSR count). The molecule has 0 aliphatic heterocycles. The molecule has 1 N–H and O–H groups in total. The molecular formula is C26H46N2O7SSi. The lowest BCUT2D eigenvalue weighted by Gasteiger charge is -2.42. The van der Waals surface area contributed by atoms with Crippen molar-refractivity contribution in [3.8, 4) is 5.75 Å². The minimum absolute atomic E-state index is 0.00459. The quantitative estimate of drug-likeness (QED) is 0.289. The second-order valence-corrected chi connectivity index (χ2v) is 18.8. The van der Waals surface area contributed by atoms with Crippen LogP contribution in [0, 0.1) is 5.92 Å². The Morgan fingerprint density at radius 3 is 2.00 bits per heavy atom. The van der Waals surface area contributed by atoms with Crippen LogP contribution in [0.4, 0.5) is 4.79 Å². The molecule has 0 spiro atoms. The molecule has 0 fully saturated rings. The summed E-state index contributed by atoms with van der Waals surface area (Å²) in [7, 11) is -4.94. The van der Waals surface area contributed by atoms with E-state index >= 15 is 0 Å². The number of hydrogen-bond acceptors (Lipinski definition) is 7. The monoisotopic (exact) mass is 558 g/mol. The van der Waals surface area contributed by atoms with Crippen LogP contribution in [0.1, 0.15) is 55.4 Å². The molecule has 0 aromatic heterocycles. The molecule has 0 aliphatic carbocycles. The number of carbonyl (C=O) groups excluding carboxylic acids is 2. The van der Waals surface area contributed by atoms with E-state index in [0.717, 1.165) is 0 Å². The van der Waals surface area contributed by atoms with Crippen molar-refractivity contribution < 1.29 is 31.9 Å². The standard InChI is InChI=1S/C26H46N2O7SSi/c1-19(2)16-28(36(31,32)21-14-12-20(33-9)13-15-21)17-23(35-37(10,11)26(6,7)8)22(18-29)27-24(30)34-25(3,4)5/h12-15,18-19,22-23H,16-17H2,1-11H3,(H,27,30)/t22-,23+/m0/s1. The van der Waals surface area contributed by atoms with Gasteiger partial charge < -0.3 is 24.0 Å². The molecule has 212 valence electrons. The van der Waals surface area contributed by atoms with Crippen LogP contribution in [-0.4, -0.2) is 71.4 Å². The van der Waals surface area contributed by atoms with Crippen LogP contribution in [0.3, 0.4) is 0 Å². The van der Waals surface area contributed by atoms with E-state index in [0.29, 0.717) is 12.0 Å². The number of carbonyl (C=O) groups is 2. The first-order valence-corrected chi connectivity index (χ1v) is 16.8. The Labute approximate surface area is 224 Å². The van der Waals surface area contributed by atoms with E-state index in [1.54, 1.807) is 32.9 Å². The van der Waals surface area contributed by atoms with Gasteiger partial charge in [-0.2, -0.15) is 4.31 Å². The number of hydrogen-bond donors (Lipinski definition) is 1. The summed E-state index contributed by atoms with van der Waals surface area (Å²) in [5.74, 6) is 0.533. The number of nitrogens with one attached hydrogen (secondary N) is 1. The van der Waals surface area contributed by atoms with Crippen LogP contribution in [-0.2, 0) is 24.0 Å². The van der Waals surface area contributed by atoms with Crippen molar-refractivity contribution >= 4 is 30.7 Å². The minimum Gasteiger partial charge on any atom is -0.497 e. The van der Waals surface area contributed by atoms with Gasteiger partial charge in [0.05, 0.1) is 18.1 Å². The van der Waals surface area contributed by atoms with Gasteiger partial charge in [0.1, 0.15) is 23.7 Å². The summed E-state index contributed by atoms with van der Waals surface area (Å²) in [6.07, 6.45) is -1.13. The second-order valence-electron chi connectivity index (χ2n) is 12.1. The van der Waals surface area contributed by atoms with Crippen molar-refractivity contribution in [3.05, 3.63) is 24.3 Å². The highest BCUT2D eigenvalue weighted by Crippen LogP contribution is 2.38. The topological polar surface area (TPSA) is 111 Å². The average molecular weight is 559 g/mol. The van der Waals surface area contributed by atoms with E-state index in [1.807, 2.05) is 47.7 Å². The maximum Gasteiger partial charge on any atom is 0.408 e. The number of amides is 1. The number of rotatable bonds is 12. The molecule has 0 heterocycles. The minimum atomic E-state index is -3.95. The molecule has 1 amide bonds. The molecule has 0 saturated carbocycles. The maximum absolute atomic E-state index is 13.7. The van der Waals surface area contributed by atoms with Gasteiger partial charge in [0.15, 0.2) is 8.32 Å². The summed E-state index contributed by atoms with van der Waals surface area (Å²) in [5, 5.41) is 2.37. The summed E-state index contributed by atoms with van der Waals surface area (Å²) >= 11 is 0. The second kappa shape index (κ2) is 12.7. The van der Waals surface area contributed by atoms with Crippen molar-refractivity contribution in [1.29, 1.82) is 0 Å². The van der Waals surface area contributed by atoms with Gasteiger partial charge in [-0.15, -0.1) is 0 Å². The summed E-state index contributed by atoms with van der Waals surface area (Å²) in [6, 6.07) is 5.03. The van der Waals surface area contributed by atoms with E-state index < -0.39 is 42.2 Å². The van der Waals surface area contributed by atoms with Crippen LogP contribution in [0.25, 0.3) is 0 Å². The number of nitrogens with zero attached hydrogens (tertiary/aromatic N) is 1. The Balaban J connectivity index is 3.49. The molecule has 1 aromatic rings. The van der Waals surface area contributed by atoms with Crippen molar-refractivity contribution in [3.63, 3.8) is 0 Å². The smallest absolute Gasteiger partial charge is 0.408 e. The molecule has 0 aliphatic rings. The fourth-order valence-electron chi connectivity index (χ4n) is 3.21. The lowest BCUT2D eigenvalue weighted by Crippen LogP contribution is -2.57. The summed E-state index contributed by atoms with van der Waals surface area (Å²) < 4.78 is 45.9. The molecule has 37 heavy (non-hydrogen) atoms. The average Bonchev–Trinajstić information content (AvgIpc) is 2.74. The molecule has 0 radical (unpaired) electrons. The number of methoxy groups -OCH3 is 1. The first kappa shape index (κ1) is 33.1. The van der Waals surface area contributed by atoms with E-state index in [9.17, 15) is 18.0 Å². The molecule has 0 saturated heterocycles. The Hall–Kier alpha value is -1.95. The Morgan fingerprint density at radius 1 is 1.05 bits per heavy atom. The fraction of sp³-hybridized carbons (Fsp3) is 0.692. The SMILES string of the molecule is COc1ccc(S(=O)(=O)N(CC(C)C)C[C@@H](O[Si](C)(C)C(C)(C)C)[C@H](C=O)NC(=O)OC(C)(C)C)cc1. The van der Waals surface area contributed by atoms with Gasteiger partial charge in [-0.1, -0.05) is 34.6 Å². The summed E-state index contributed by atoms with van der Waals surface area (Å²) in [4.78, 5) is 24.9. The van der Waals surface area contributed by atoms with Gasteiger partial charge in [0.25, 0.3) is 0 Å². The zero-order chi connectivity index (χ0) is 28.8. The van der Waals surface area contributed by atoms with Crippen LogP contribution in [0.5, 0.6) is 5.75 Å². The predicted octanol–water partition coefficient (Wildman–Crippen LogP) is 4.82. The molecule has 9 nitrogen and oxygen atoms in total. The number of benzene rings is 1. The largest absolute Gasteiger partial charge is 0.497 e. The lowest BCUT2D eigenvalue weighted by atomic mass is 10.1. The Morgan fingerprint density at radius 2 is 1.59 bits per heavy atom. The predicted molar refractivity (Wildman–Crippen MR) is 148 cm³/mol.